The van der Waals surface area contributed by atoms with Gasteiger partial charge in [0.05, 0.1) is 12.2 Å². The highest BCUT2D eigenvalue weighted by atomic mass is 32.2. The molecule has 0 aromatic carbocycles. The second-order valence-corrected chi connectivity index (χ2v) is 8.62. The van der Waals surface area contributed by atoms with Crippen LogP contribution in [0.3, 0.4) is 0 Å². The van der Waals surface area contributed by atoms with Crippen molar-refractivity contribution in [3.05, 3.63) is 12.3 Å². The molecule has 0 aliphatic carbocycles. The molecule has 1 fully saturated rings. The number of amides is 1. The number of sulfonamides is 1. The Morgan fingerprint density at radius 3 is 2.81 bits per heavy atom. The first kappa shape index (κ1) is 18.5. The van der Waals surface area contributed by atoms with E-state index in [1.807, 2.05) is 20.0 Å². The molecule has 0 bridgehead atoms. The second-order valence-electron chi connectivity index (χ2n) is 6.64. The minimum atomic E-state index is -3.31. The molecule has 0 radical (unpaired) electrons. The fourth-order valence-corrected chi connectivity index (χ4v) is 3.69. The number of nitrogens with zero attached hydrogens (tertiary/aromatic N) is 5. The Bertz CT molecular complexity index is 888. The normalized spacial score (nSPS) is 19.0. The fraction of sp³-hybridized carbons (Fsp3) is 0.600. The van der Waals surface area contributed by atoms with Gasteiger partial charge in [-0.15, -0.1) is 5.10 Å². The lowest BCUT2D eigenvalue weighted by Gasteiger charge is -2.29. The molecule has 3 heterocycles. The van der Waals surface area contributed by atoms with Gasteiger partial charge in [-0.3, -0.25) is 14.8 Å². The van der Waals surface area contributed by atoms with E-state index >= 15 is 0 Å². The number of carbonyl (C=O) groups excluding carboxylic acids is 1. The molecule has 1 aliphatic rings. The number of rotatable bonds is 5. The quantitative estimate of drug-likeness (QED) is 0.822. The van der Waals surface area contributed by atoms with Crippen molar-refractivity contribution < 1.29 is 17.6 Å². The van der Waals surface area contributed by atoms with Crippen molar-refractivity contribution in [2.24, 2.45) is 5.92 Å². The average molecular weight is 382 g/mol. The van der Waals surface area contributed by atoms with Crippen molar-refractivity contribution in [2.75, 3.05) is 24.7 Å². The third-order valence-corrected chi connectivity index (χ3v) is 5.51. The van der Waals surface area contributed by atoms with Gasteiger partial charge in [-0.1, -0.05) is 5.10 Å². The van der Waals surface area contributed by atoms with Gasteiger partial charge in [0.1, 0.15) is 5.69 Å². The van der Waals surface area contributed by atoms with Crippen LogP contribution < -0.4 is 5.32 Å². The maximum Gasteiger partial charge on any atom is 0.322 e. The van der Waals surface area contributed by atoms with E-state index in [-0.39, 0.29) is 30.4 Å². The molecule has 1 amide bonds. The van der Waals surface area contributed by atoms with Gasteiger partial charge in [-0.05, 0) is 32.8 Å². The molecule has 2 aromatic heterocycles. The molecule has 3 rings (SSSR count). The Hall–Kier alpha value is -2.27. The Balaban J connectivity index is 1.66. The average Bonchev–Trinajstić information content (AvgIpc) is 3.23. The number of carbonyl (C=O) groups is 1. The summed E-state index contributed by atoms with van der Waals surface area (Å²) >= 11 is 0. The van der Waals surface area contributed by atoms with Crippen LogP contribution in [0.15, 0.2) is 16.7 Å². The Morgan fingerprint density at radius 1 is 1.38 bits per heavy atom. The van der Waals surface area contributed by atoms with E-state index in [2.05, 4.69) is 20.6 Å². The summed E-state index contributed by atoms with van der Waals surface area (Å²) in [4.78, 5) is 12.4. The van der Waals surface area contributed by atoms with Crippen LogP contribution in [-0.2, 0) is 14.8 Å². The predicted molar refractivity (Wildman–Crippen MR) is 93.7 cm³/mol. The van der Waals surface area contributed by atoms with Crippen LogP contribution >= 0.6 is 0 Å². The SMILES string of the molecule is CC(C)n1ccc(-c2nnc(NC(=O)[C@H]3CCCN(S(C)(=O)=O)C3)o2)n1. The topological polar surface area (TPSA) is 123 Å². The molecular weight excluding hydrogens is 360 g/mol. The minimum absolute atomic E-state index is 0.0272. The first-order valence-electron chi connectivity index (χ1n) is 8.39. The van der Waals surface area contributed by atoms with E-state index in [4.69, 9.17) is 4.42 Å². The summed E-state index contributed by atoms with van der Waals surface area (Å²) in [5.74, 6) is -0.573. The lowest BCUT2D eigenvalue weighted by Crippen LogP contribution is -2.43. The van der Waals surface area contributed by atoms with Crippen LogP contribution in [0, 0.1) is 5.92 Å². The first-order valence-corrected chi connectivity index (χ1v) is 10.2. The van der Waals surface area contributed by atoms with E-state index in [0.29, 0.717) is 25.1 Å². The fourth-order valence-electron chi connectivity index (χ4n) is 2.78. The largest absolute Gasteiger partial charge is 0.401 e. The first-order chi connectivity index (χ1) is 12.2. The van der Waals surface area contributed by atoms with Crippen molar-refractivity contribution in [1.29, 1.82) is 0 Å². The van der Waals surface area contributed by atoms with E-state index in [0.717, 1.165) is 6.26 Å². The molecule has 2 aromatic rings. The van der Waals surface area contributed by atoms with Gasteiger partial charge in [0.25, 0.3) is 5.89 Å². The van der Waals surface area contributed by atoms with E-state index in [1.54, 1.807) is 10.7 Å². The molecule has 0 saturated carbocycles. The highest BCUT2D eigenvalue weighted by molar-refractivity contribution is 7.88. The van der Waals surface area contributed by atoms with Gasteiger partial charge in [0.15, 0.2) is 0 Å². The van der Waals surface area contributed by atoms with Crippen LogP contribution in [0.1, 0.15) is 32.7 Å². The minimum Gasteiger partial charge on any atom is -0.401 e. The Labute approximate surface area is 151 Å². The van der Waals surface area contributed by atoms with E-state index in [9.17, 15) is 13.2 Å². The zero-order chi connectivity index (χ0) is 18.9. The summed E-state index contributed by atoms with van der Waals surface area (Å²) < 4.78 is 31.9. The van der Waals surface area contributed by atoms with Crippen molar-refractivity contribution in [1.82, 2.24) is 24.3 Å². The summed E-state index contributed by atoms with van der Waals surface area (Å²) in [7, 11) is -3.31. The maximum absolute atomic E-state index is 12.4. The molecule has 26 heavy (non-hydrogen) atoms. The van der Waals surface area contributed by atoms with Gasteiger partial charge in [-0.25, -0.2) is 12.7 Å². The molecule has 11 heteroatoms. The van der Waals surface area contributed by atoms with Gasteiger partial charge in [0, 0.05) is 25.3 Å². The van der Waals surface area contributed by atoms with Crippen molar-refractivity contribution in [2.45, 2.75) is 32.7 Å². The standard InChI is InChI=1S/C15H22N6O4S/c1-10(2)21-8-6-12(19-21)14-17-18-15(25-14)16-13(22)11-5-4-7-20(9-11)26(3,23)24/h6,8,10-11H,4-5,7,9H2,1-3H3,(H,16,18,22)/t11-/m0/s1. The highest BCUT2D eigenvalue weighted by Gasteiger charge is 2.31. The van der Waals surface area contributed by atoms with Crippen molar-refractivity contribution in [3.63, 3.8) is 0 Å². The molecule has 1 aliphatic heterocycles. The molecule has 142 valence electrons. The molecule has 10 nitrogen and oxygen atoms in total. The highest BCUT2D eigenvalue weighted by Crippen LogP contribution is 2.22. The number of piperidine rings is 1. The summed E-state index contributed by atoms with van der Waals surface area (Å²) in [6.07, 6.45) is 4.20. The van der Waals surface area contributed by atoms with Crippen LogP contribution in [0.2, 0.25) is 0 Å². The number of hydrogen-bond acceptors (Lipinski definition) is 7. The summed E-state index contributed by atoms with van der Waals surface area (Å²) in [5.41, 5.74) is 0.521. The molecule has 1 saturated heterocycles. The van der Waals surface area contributed by atoms with Crippen LogP contribution in [-0.4, -0.2) is 58.0 Å². The summed E-state index contributed by atoms with van der Waals surface area (Å²) in [6.45, 7) is 4.59. The lowest BCUT2D eigenvalue weighted by molar-refractivity contribution is -0.121. The Morgan fingerprint density at radius 2 is 2.15 bits per heavy atom. The van der Waals surface area contributed by atoms with Crippen LogP contribution in [0.4, 0.5) is 6.01 Å². The van der Waals surface area contributed by atoms with Crippen molar-refractivity contribution in [3.8, 4) is 11.6 Å². The van der Waals surface area contributed by atoms with Gasteiger partial charge in [0.2, 0.25) is 15.9 Å². The molecule has 0 unspecified atom stereocenters. The van der Waals surface area contributed by atoms with Gasteiger partial charge >= 0.3 is 6.01 Å². The van der Waals surface area contributed by atoms with Crippen LogP contribution in [0.5, 0.6) is 0 Å². The van der Waals surface area contributed by atoms with Gasteiger partial charge < -0.3 is 4.42 Å². The third-order valence-electron chi connectivity index (χ3n) is 4.24. The number of nitrogens with one attached hydrogen (secondary N) is 1. The zero-order valence-corrected chi connectivity index (χ0v) is 15.7. The number of anilines is 1. The lowest BCUT2D eigenvalue weighted by atomic mass is 9.99. The second kappa shape index (κ2) is 7.16. The molecular formula is C15H22N6O4S. The zero-order valence-electron chi connectivity index (χ0n) is 14.9. The van der Waals surface area contributed by atoms with Gasteiger partial charge in [-0.2, -0.15) is 5.10 Å². The smallest absolute Gasteiger partial charge is 0.322 e. The third kappa shape index (κ3) is 4.10. The Kier molecular flexibility index (Phi) is 5.10. The maximum atomic E-state index is 12.4. The summed E-state index contributed by atoms with van der Waals surface area (Å²) in [5, 5.41) is 14.6. The predicted octanol–water partition coefficient (Wildman–Crippen LogP) is 1.12. The molecule has 1 N–H and O–H groups in total. The molecule has 0 spiro atoms. The van der Waals surface area contributed by atoms with Crippen molar-refractivity contribution >= 4 is 21.9 Å². The summed E-state index contributed by atoms with van der Waals surface area (Å²) in [6, 6.07) is 1.93. The monoisotopic (exact) mass is 382 g/mol. The number of hydrogen-bond donors (Lipinski definition) is 1. The molecule has 1 atom stereocenters. The van der Waals surface area contributed by atoms with Crippen LogP contribution in [0.25, 0.3) is 11.6 Å². The number of aromatic nitrogens is 4. The van der Waals surface area contributed by atoms with E-state index < -0.39 is 15.9 Å². The van der Waals surface area contributed by atoms with E-state index in [1.165, 1.54) is 4.31 Å².